The molecule has 0 aliphatic carbocycles. The first-order chi connectivity index (χ1) is 15.4. The summed E-state index contributed by atoms with van der Waals surface area (Å²) in [5, 5.41) is 12.2. The molecule has 1 saturated heterocycles. The molecule has 0 radical (unpaired) electrons. The Balaban J connectivity index is 1.47. The quantitative estimate of drug-likeness (QED) is 0.627. The highest BCUT2D eigenvalue weighted by Gasteiger charge is 2.25. The second kappa shape index (κ2) is 11.3. The Morgan fingerprint density at radius 2 is 1.69 bits per heavy atom. The van der Waals surface area contributed by atoms with E-state index < -0.39 is 12.0 Å². The molecule has 0 unspecified atom stereocenters. The number of hydrogen-bond acceptors (Lipinski definition) is 4. The molecule has 0 saturated carbocycles. The van der Waals surface area contributed by atoms with Crippen molar-refractivity contribution in [1.82, 2.24) is 10.2 Å². The van der Waals surface area contributed by atoms with Gasteiger partial charge in [-0.25, -0.2) is 4.79 Å². The van der Waals surface area contributed by atoms with Crippen LogP contribution in [0.25, 0.3) is 0 Å². The van der Waals surface area contributed by atoms with E-state index in [4.69, 9.17) is 4.74 Å². The van der Waals surface area contributed by atoms with E-state index in [1.165, 1.54) is 0 Å². The van der Waals surface area contributed by atoms with Crippen LogP contribution in [0.3, 0.4) is 0 Å². The zero-order valence-electron chi connectivity index (χ0n) is 18.3. The van der Waals surface area contributed by atoms with Crippen LogP contribution in [0.5, 0.6) is 5.75 Å². The number of piperidine rings is 1. The van der Waals surface area contributed by atoms with Crippen LogP contribution in [0.15, 0.2) is 54.6 Å². The van der Waals surface area contributed by atoms with E-state index in [0.29, 0.717) is 25.4 Å². The highest BCUT2D eigenvalue weighted by molar-refractivity contribution is 5.84. The average Bonchev–Trinajstić information content (AvgIpc) is 2.79. The number of carboxylic acid groups (broad SMARTS) is 1. The second-order valence-corrected chi connectivity index (χ2v) is 8.23. The molecule has 0 bridgehead atoms. The van der Waals surface area contributed by atoms with Crippen molar-refractivity contribution in [2.24, 2.45) is 5.92 Å². The van der Waals surface area contributed by atoms with E-state index >= 15 is 0 Å². The number of amides is 2. The molecule has 1 fully saturated rings. The Morgan fingerprint density at radius 1 is 1.03 bits per heavy atom. The molecule has 3 rings (SSSR count). The van der Waals surface area contributed by atoms with Gasteiger partial charge in [0.2, 0.25) is 11.8 Å². The third-order valence-electron chi connectivity index (χ3n) is 5.78. The molecule has 7 nitrogen and oxygen atoms in total. The lowest BCUT2D eigenvalue weighted by atomic mass is 9.93. The Labute approximate surface area is 188 Å². The molecule has 2 amide bonds. The Bertz CT molecular complexity index is 906. The van der Waals surface area contributed by atoms with Crippen LogP contribution in [-0.4, -0.2) is 46.9 Å². The molecular weight excluding hydrogens is 408 g/mol. The standard InChI is InChI=1S/C25H30N2O5/c1-18(28)27-13-11-20(12-14-27)16-24(29)26-23(25(30)31)15-19-7-9-22(10-8-19)32-17-21-5-3-2-4-6-21/h2-10,20,23H,11-17H2,1H3,(H,26,29)(H,30,31)/t23-/m0/s1. The van der Waals surface area contributed by atoms with Gasteiger partial charge in [-0.3, -0.25) is 9.59 Å². The molecular formula is C25H30N2O5. The lowest BCUT2D eigenvalue weighted by molar-refractivity contribution is -0.142. The van der Waals surface area contributed by atoms with Gasteiger partial charge in [0.05, 0.1) is 0 Å². The van der Waals surface area contributed by atoms with E-state index in [1.807, 2.05) is 54.6 Å². The fraction of sp³-hybridized carbons (Fsp3) is 0.400. The van der Waals surface area contributed by atoms with E-state index in [2.05, 4.69) is 5.32 Å². The molecule has 170 valence electrons. The van der Waals surface area contributed by atoms with Gasteiger partial charge < -0.3 is 20.1 Å². The summed E-state index contributed by atoms with van der Waals surface area (Å²) in [6.45, 7) is 3.30. The van der Waals surface area contributed by atoms with Crippen molar-refractivity contribution in [3.63, 3.8) is 0 Å². The van der Waals surface area contributed by atoms with Crippen LogP contribution in [-0.2, 0) is 27.4 Å². The molecule has 2 aromatic carbocycles. The van der Waals surface area contributed by atoms with Crippen molar-refractivity contribution in [2.75, 3.05) is 13.1 Å². The van der Waals surface area contributed by atoms with Crippen LogP contribution in [0.4, 0.5) is 0 Å². The van der Waals surface area contributed by atoms with E-state index in [9.17, 15) is 19.5 Å². The number of carbonyl (C=O) groups is 3. The highest BCUT2D eigenvalue weighted by Crippen LogP contribution is 2.21. The van der Waals surface area contributed by atoms with E-state index in [-0.39, 0.29) is 30.6 Å². The predicted molar refractivity (Wildman–Crippen MR) is 120 cm³/mol. The van der Waals surface area contributed by atoms with Crippen molar-refractivity contribution in [1.29, 1.82) is 0 Å². The molecule has 2 aromatic rings. The third-order valence-corrected chi connectivity index (χ3v) is 5.78. The Morgan fingerprint density at radius 3 is 2.28 bits per heavy atom. The number of ether oxygens (including phenoxy) is 1. The number of aliphatic carboxylic acids is 1. The molecule has 1 atom stereocenters. The Kier molecular flexibility index (Phi) is 8.25. The molecule has 1 aliphatic heterocycles. The molecule has 2 N–H and O–H groups in total. The fourth-order valence-corrected chi connectivity index (χ4v) is 3.87. The highest BCUT2D eigenvalue weighted by atomic mass is 16.5. The minimum absolute atomic E-state index is 0.0512. The maximum Gasteiger partial charge on any atom is 0.326 e. The largest absolute Gasteiger partial charge is 0.489 e. The minimum atomic E-state index is -1.06. The number of hydrogen-bond donors (Lipinski definition) is 2. The van der Waals surface area contributed by atoms with Crippen molar-refractivity contribution in [3.05, 3.63) is 65.7 Å². The van der Waals surface area contributed by atoms with Gasteiger partial charge in [-0.15, -0.1) is 0 Å². The fourth-order valence-electron chi connectivity index (χ4n) is 3.87. The van der Waals surface area contributed by atoms with Gasteiger partial charge >= 0.3 is 5.97 Å². The van der Waals surface area contributed by atoms with Gasteiger partial charge in [-0.05, 0) is 42.0 Å². The molecule has 1 heterocycles. The summed E-state index contributed by atoms with van der Waals surface area (Å²) in [5.74, 6) is -0.405. The first-order valence-electron chi connectivity index (χ1n) is 10.9. The topological polar surface area (TPSA) is 95.9 Å². The maximum absolute atomic E-state index is 12.4. The van der Waals surface area contributed by atoms with Crippen LogP contribution in [0.1, 0.15) is 37.3 Å². The number of rotatable bonds is 9. The molecule has 1 aliphatic rings. The van der Waals surface area contributed by atoms with Crippen molar-refractivity contribution >= 4 is 17.8 Å². The normalized spacial score (nSPS) is 15.1. The number of carbonyl (C=O) groups excluding carboxylic acids is 2. The van der Waals surface area contributed by atoms with Crippen molar-refractivity contribution in [2.45, 2.75) is 45.3 Å². The molecule has 0 spiro atoms. The number of nitrogens with one attached hydrogen (secondary N) is 1. The maximum atomic E-state index is 12.4. The van der Waals surface area contributed by atoms with Gasteiger partial charge in [0.1, 0.15) is 18.4 Å². The number of benzene rings is 2. The number of carboxylic acids is 1. The lowest BCUT2D eigenvalue weighted by Crippen LogP contribution is -2.44. The Hall–Kier alpha value is -3.35. The SMILES string of the molecule is CC(=O)N1CCC(CC(=O)N[C@@H](Cc2ccc(OCc3ccccc3)cc2)C(=O)O)CC1. The van der Waals surface area contributed by atoms with Crippen LogP contribution < -0.4 is 10.1 Å². The summed E-state index contributed by atoms with van der Waals surface area (Å²) in [4.78, 5) is 37.3. The monoisotopic (exact) mass is 438 g/mol. The second-order valence-electron chi connectivity index (χ2n) is 8.23. The zero-order valence-corrected chi connectivity index (χ0v) is 18.3. The number of likely N-dealkylation sites (tertiary alicyclic amines) is 1. The lowest BCUT2D eigenvalue weighted by Gasteiger charge is -2.31. The van der Waals surface area contributed by atoms with E-state index in [0.717, 1.165) is 24.0 Å². The molecule has 7 heteroatoms. The summed E-state index contributed by atoms with van der Waals surface area (Å²) in [5.41, 5.74) is 1.87. The average molecular weight is 439 g/mol. The summed E-state index contributed by atoms with van der Waals surface area (Å²) < 4.78 is 5.76. The summed E-state index contributed by atoms with van der Waals surface area (Å²) in [6, 6.07) is 16.1. The first-order valence-corrected chi connectivity index (χ1v) is 10.9. The summed E-state index contributed by atoms with van der Waals surface area (Å²) in [6.07, 6.45) is 2.00. The van der Waals surface area contributed by atoms with Gasteiger partial charge in [0.15, 0.2) is 0 Å². The number of nitrogens with zero attached hydrogens (tertiary/aromatic N) is 1. The van der Waals surface area contributed by atoms with Crippen molar-refractivity contribution in [3.8, 4) is 5.75 Å². The van der Waals surface area contributed by atoms with Gasteiger partial charge in [-0.1, -0.05) is 42.5 Å². The minimum Gasteiger partial charge on any atom is -0.489 e. The summed E-state index contributed by atoms with van der Waals surface area (Å²) >= 11 is 0. The smallest absolute Gasteiger partial charge is 0.326 e. The van der Waals surface area contributed by atoms with Crippen LogP contribution >= 0.6 is 0 Å². The third kappa shape index (κ3) is 7.11. The van der Waals surface area contributed by atoms with Gasteiger partial charge in [-0.2, -0.15) is 0 Å². The predicted octanol–water partition coefficient (Wildman–Crippen LogP) is 3.03. The molecule has 0 aromatic heterocycles. The van der Waals surface area contributed by atoms with Crippen molar-refractivity contribution < 1.29 is 24.2 Å². The summed E-state index contributed by atoms with van der Waals surface area (Å²) in [7, 11) is 0. The molecule has 32 heavy (non-hydrogen) atoms. The van der Waals surface area contributed by atoms with Crippen LogP contribution in [0, 0.1) is 5.92 Å². The van der Waals surface area contributed by atoms with Crippen LogP contribution in [0.2, 0.25) is 0 Å². The van der Waals surface area contributed by atoms with E-state index in [1.54, 1.807) is 11.8 Å². The zero-order chi connectivity index (χ0) is 22.9. The van der Waals surface area contributed by atoms with Gasteiger partial charge in [0, 0.05) is 32.9 Å². The first kappa shape index (κ1) is 23.3. The van der Waals surface area contributed by atoms with Gasteiger partial charge in [0.25, 0.3) is 0 Å².